The molecule has 0 aliphatic carbocycles. The van der Waals surface area contributed by atoms with E-state index in [-0.39, 0.29) is 15.6 Å². The van der Waals surface area contributed by atoms with E-state index in [0.717, 1.165) is 24.7 Å². The number of halogens is 1. The maximum atomic E-state index is 12.7. The average Bonchev–Trinajstić information content (AvgIpc) is 3.27. The molecule has 3 rings (SSSR count). The average molecular weight is 380 g/mol. The Morgan fingerprint density at radius 3 is 2.60 bits per heavy atom. The van der Waals surface area contributed by atoms with Gasteiger partial charge in [0.05, 0.1) is 11.2 Å². The number of carbonyl (C=O) groups excluding carboxylic acids is 1. The number of sulfone groups is 1. The number of nitrogens with one attached hydrogen (secondary N) is 1. The van der Waals surface area contributed by atoms with Crippen LogP contribution in [-0.2, 0) is 9.84 Å². The molecule has 8 nitrogen and oxygen atoms in total. The van der Waals surface area contributed by atoms with Crippen LogP contribution < -0.4 is 0 Å². The third-order valence-electron chi connectivity index (χ3n) is 3.19. The summed E-state index contributed by atoms with van der Waals surface area (Å²) in [4.78, 5) is 15.6. The van der Waals surface area contributed by atoms with Crippen molar-refractivity contribution >= 4 is 33.0 Å². The number of nitrogens with zero attached hydrogens (tertiary/aromatic N) is 2. The highest BCUT2D eigenvalue weighted by atomic mass is 35.5. The summed E-state index contributed by atoms with van der Waals surface area (Å²) in [7, 11) is -4.00. The highest BCUT2D eigenvalue weighted by molar-refractivity contribution is 7.91. The van der Waals surface area contributed by atoms with Crippen molar-refractivity contribution < 1.29 is 22.7 Å². The van der Waals surface area contributed by atoms with E-state index in [9.17, 15) is 18.3 Å². The number of hydrogen-bond acceptors (Lipinski definition) is 7. The molecule has 25 heavy (non-hydrogen) atoms. The Hall–Kier alpha value is -2.91. The SMILES string of the molecule is O=C(C=C(O)c1ncn[nH]1)c1occc1S(=O)(=O)c1ccc(Cl)cc1. The molecule has 128 valence electrons. The van der Waals surface area contributed by atoms with Crippen LogP contribution in [-0.4, -0.2) is 34.5 Å². The molecule has 0 aliphatic rings. The summed E-state index contributed by atoms with van der Waals surface area (Å²) >= 11 is 5.76. The first-order valence-corrected chi connectivity index (χ1v) is 8.64. The molecule has 0 spiro atoms. The van der Waals surface area contributed by atoms with Gasteiger partial charge in [-0.1, -0.05) is 11.6 Å². The van der Waals surface area contributed by atoms with Crippen LogP contribution in [0.2, 0.25) is 5.02 Å². The normalized spacial score (nSPS) is 12.3. The molecule has 0 saturated carbocycles. The van der Waals surface area contributed by atoms with E-state index in [4.69, 9.17) is 16.0 Å². The van der Waals surface area contributed by atoms with Gasteiger partial charge in [-0.3, -0.25) is 9.89 Å². The predicted molar refractivity (Wildman–Crippen MR) is 86.9 cm³/mol. The molecular weight excluding hydrogens is 370 g/mol. The third kappa shape index (κ3) is 3.32. The first-order valence-electron chi connectivity index (χ1n) is 6.78. The second-order valence-corrected chi connectivity index (χ2v) is 7.15. The standard InChI is InChI=1S/C15H10ClN3O5S/c16-9-1-3-10(4-2-9)25(22,23)13-5-6-24-14(13)11(20)7-12(21)15-17-8-18-19-15/h1-8,21H,(H,17,18,19). The predicted octanol–water partition coefficient (Wildman–Crippen LogP) is 2.67. The Kier molecular flexibility index (Phi) is 4.43. The number of aliphatic hydroxyl groups is 1. The molecule has 10 heteroatoms. The van der Waals surface area contributed by atoms with Crippen LogP contribution in [0.3, 0.4) is 0 Å². The first kappa shape index (κ1) is 16.9. The van der Waals surface area contributed by atoms with Crippen LogP contribution in [0.5, 0.6) is 0 Å². The van der Waals surface area contributed by atoms with E-state index in [2.05, 4.69) is 15.2 Å². The maximum absolute atomic E-state index is 12.7. The fraction of sp³-hybridized carbons (Fsp3) is 0. The molecule has 0 radical (unpaired) electrons. The van der Waals surface area contributed by atoms with Gasteiger partial charge in [0.25, 0.3) is 0 Å². The van der Waals surface area contributed by atoms with Crippen LogP contribution in [0.25, 0.3) is 5.76 Å². The molecule has 0 saturated heterocycles. The van der Waals surface area contributed by atoms with Gasteiger partial charge in [-0.15, -0.1) is 0 Å². The van der Waals surface area contributed by atoms with Crippen LogP contribution in [0.1, 0.15) is 16.4 Å². The second kappa shape index (κ2) is 6.54. The molecule has 0 amide bonds. The zero-order chi connectivity index (χ0) is 18.0. The Morgan fingerprint density at radius 2 is 1.96 bits per heavy atom. The van der Waals surface area contributed by atoms with E-state index >= 15 is 0 Å². The number of rotatable bonds is 5. The number of ketones is 1. The summed E-state index contributed by atoms with van der Waals surface area (Å²) in [6.07, 6.45) is 3.02. The molecule has 3 aromatic rings. The largest absolute Gasteiger partial charge is 0.504 e. The third-order valence-corrected chi connectivity index (χ3v) is 5.24. The molecule has 0 atom stereocenters. The number of carbonyl (C=O) groups is 1. The van der Waals surface area contributed by atoms with Crippen molar-refractivity contribution in [1.82, 2.24) is 15.2 Å². The summed E-state index contributed by atoms with van der Waals surface area (Å²) in [5.74, 6) is -1.82. The number of furan rings is 1. The second-order valence-electron chi connectivity index (χ2n) is 4.80. The number of allylic oxidation sites excluding steroid dienone is 1. The van der Waals surface area contributed by atoms with Gasteiger partial charge in [0.15, 0.2) is 17.3 Å². The minimum absolute atomic E-state index is 0.0398. The van der Waals surface area contributed by atoms with Crippen molar-refractivity contribution in [3.05, 3.63) is 65.6 Å². The molecule has 2 N–H and O–H groups in total. The number of aromatic amines is 1. The topological polar surface area (TPSA) is 126 Å². The Morgan fingerprint density at radius 1 is 1.24 bits per heavy atom. The van der Waals surface area contributed by atoms with Crippen LogP contribution in [0.15, 0.2) is 63.2 Å². The van der Waals surface area contributed by atoms with Gasteiger partial charge in [0, 0.05) is 11.1 Å². The fourth-order valence-corrected chi connectivity index (χ4v) is 3.52. The summed E-state index contributed by atoms with van der Waals surface area (Å²) in [6.45, 7) is 0. The van der Waals surface area contributed by atoms with Crippen molar-refractivity contribution in [1.29, 1.82) is 0 Å². The minimum Gasteiger partial charge on any atom is -0.504 e. The Bertz CT molecular complexity index is 1040. The van der Waals surface area contributed by atoms with Crippen molar-refractivity contribution in [3.8, 4) is 0 Å². The van der Waals surface area contributed by atoms with Crippen molar-refractivity contribution in [3.63, 3.8) is 0 Å². The zero-order valence-corrected chi connectivity index (χ0v) is 14.0. The monoisotopic (exact) mass is 379 g/mol. The van der Waals surface area contributed by atoms with E-state index in [0.29, 0.717) is 5.02 Å². The van der Waals surface area contributed by atoms with E-state index in [1.54, 1.807) is 0 Å². The lowest BCUT2D eigenvalue weighted by molar-refractivity contribution is 0.101. The molecule has 1 aromatic carbocycles. The molecule has 2 aromatic heterocycles. The summed E-state index contributed by atoms with van der Waals surface area (Å²) in [6, 6.07) is 6.65. The quantitative estimate of drug-likeness (QED) is 0.396. The van der Waals surface area contributed by atoms with Gasteiger partial charge in [-0.25, -0.2) is 13.4 Å². The molecular formula is C15H10ClN3O5S. The van der Waals surface area contributed by atoms with Gasteiger partial charge >= 0.3 is 0 Å². The van der Waals surface area contributed by atoms with Crippen molar-refractivity contribution in [2.24, 2.45) is 0 Å². The minimum atomic E-state index is -4.00. The number of aromatic nitrogens is 3. The Labute approximate surface area is 146 Å². The fourth-order valence-electron chi connectivity index (χ4n) is 2.02. The van der Waals surface area contributed by atoms with E-state index in [1.807, 2.05) is 0 Å². The smallest absolute Gasteiger partial charge is 0.226 e. The summed E-state index contributed by atoms with van der Waals surface area (Å²) in [5.41, 5.74) is 0. The highest BCUT2D eigenvalue weighted by Crippen LogP contribution is 2.27. The molecule has 0 fully saturated rings. The van der Waals surface area contributed by atoms with Gasteiger partial charge in [-0.05, 0) is 30.3 Å². The lowest BCUT2D eigenvalue weighted by Gasteiger charge is -2.04. The molecule has 0 bridgehead atoms. The van der Waals surface area contributed by atoms with Gasteiger partial charge in [0.2, 0.25) is 15.6 Å². The van der Waals surface area contributed by atoms with E-state index < -0.39 is 27.1 Å². The lowest BCUT2D eigenvalue weighted by atomic mass is 10.2. The van der Waals surface area contributed by atoms with Crippen molar-refractivity contribution in [2.45, 2.75) is 9.79 Å². The van der Waals surface area contributed by atoms with Crippen LogP contribution in [0.4, 0.5) is 0 Å². The maximum Gasteiger partial charge on any atom is 0.226 e. The number of H-pyrrole nitrogens is 1. The molecule has 2 heterocycles. The zero-order valence-electron chi connectivity index (χ0n) is 12.4. The molecule has 0 unspecified atom stereocenters. The van der Waals surface area contributed by atoms with Gasteiger partial charge < -0.3 is 9.52 Å². The van der Waals surface area contributed by atoms with Gasteiger partial charge in [0.1, 0.15) is 11.2 Å². The van der Waals surface area contributed by atoms with Crippen LogP contribution >= 0.6 is 11.6 Å². The highest BCUT2D eigenvalue weighted by Gasteiger charge is 2.27. The summed E-state index contributed by atoms with van der Waals surface area (Å²) < 4.78 is 30.4. The number of benzene rings is 1. The van der Waals surface area contributed by atoms with Crippen LogP contribution in [0, 0.1) is 0 Å². The Balaban J connectivity index is 1.99. The van der Waals surface area contributed by atoms with Crippen molar-refractivity contribution in [2.75, 3.05) is 0 Å². The lowest BCUT2D eigenvalue weighted by Crippen LogP contribution is -2.07. The first-order chi connectivity index (χ1) is 11.9. The number of aliphatic hydroxyl groups excluding tert-OH is 1. The number of hydrogen-bond donors (Lipinski definition) is 2. The van der Waals surface area contributed by atoms with Gasteiger partial charge in [-0.2, -0.15) is 5.10 Å². The molecule has 0 aliphatic heterocycles. The summed E-state index contributed by atoms with van der Waals surface area (Å²) in [5, 5.41) is 16.1. The van der Waals surface area contributed by atoms with E-state index in [1.165, 1.54) is 24.3 Å².